The van der Waals surface area contributed by atoms with E-state index in [-0.39, 0.29) is 325 Å². The summed E-state index contributed by atoms with van der Waals surface area (Å²) in [7, 11) is 0. The van der Waals surface area contributed by atoms with Crippen LogP contribution < -0.4 is 0 Å². The van der Waals surface area contributed by atoms with E-state index in [0.29, 0.717) is 0 Å². The van der Waals surface area contributed by atoms with Crippen LogP contribution in [0.1, 0.15) is 22.8 Å². The molecule has 0 aromatic rings. The maximum Gasteiger partial charge on any atom is 2.00 e. The van der Waals surface area contributed by atoms with Crippen LogP contribution in [0, 0.1) is 0 Å². The van der Waals surface area contributed by atoms with Gasteiger partial charge >= 0.3 is 376 Å². The quantitative estimate of drug-likeness (QED) is 0.153. The zero-order valence-electron chi connectivity index (χ0n) is 43.3. The fourth-order valence-electron chi connectivity index (χ4n) is 0. The molecule has 0 atom stereocenters. The zero-order valence-corrected chi connectivity index (χ0v) is 45.0. The minimum Gasteiger partial charge on any atom is -1.00 e. The van der Waals surface area contributed by atoms with Crippen molar-refractivity contribution in [1.29, 1.82) is 0 Å². The first-order chi connectivity index (χ1) is 20.8. The molecule has 36 nitrogen and oxygen atoms in total. The van der Waals surface area contributed by atoms with Gasteiger partial charge in [0.15, 0.2) is 0 Å². The SMILES string of the molecule is O=C(O)O.O=C(O)O.O=C(O)O.O=C(O)O.O=C(O)O.O=C(O)O.O=C(O)O.O=C(O)O.O=C(O)O.O=C(O)O.O=C(O)O.O=C(O)O.[Ca+2].[Ca+2].[Ca+2].[Ca+2].[Ca+2].[Ca+2].[Ca+2].[Ca+2].[H-].[H-].[H-].[H-].[H-].[H-].[H-].[H-].[H-].[H-].[H-].[H-].[H-].[H-].[H-].[H-]. The van der Waals surface area contributed by atoms with Crippen LogP contribution in [0.5, 0.6) is 0 Å². The van der Waals surface area contributed by atoms with Crippen molar-refractivity contribution in [3.63, 3.8) is 0 Å². The maximum absolute atomic E-state index is 8.56. The average molecular weight is 1080 g/mol. The molecule has 0 aliphatic carbocycles. The van der Waals surface area contributed by atoms with Crippen molar-refractivity contribution in [2.45, 2.75) is 0 Å². The summed E-state index contributed by atoms with van der Waals surface area (Å²) in [4.78, 5) is 103. The van der Waals surface area contributed by atoms with E-state index in [0.717, 1.165) is 0 Å². The Labute approximate surface area is 568 Å². The Morgan fingerprint density at radius 3 is 0.143 bits per heavy atom. The van der Waals surface area contributed by atoms with Crippen molar-refractivity contribution in [2.75, 3.05) is 0 Å². The minimum atomic E-state index is -1.83. The van der Waals surface area contributed by atoms with Gasteiger partial charge in [0.25, 0.3) is 0 Å². The summed E-state index contributed by atoms with van der Waals surface area (Å²) >= 11 is 0. The van der Waals surface area contributed by atoms with Crippen molar-refractivity contribution in [2.24, 2.45) is 0 Å². The second-order valence-electron chi connectivity index (χ2n) is 3.39. The molecule has 0 saturated heterocycles. The summed E-state index contributed by atoms with van der Waals surface area (Å²) in [6.07, 6.45) is -22.0. The molecule has 44 heteroatoms. The normalized spacial score (nSPS) is 5.14. The predicted molar refractivity (Wildman–Crippen MR) is 192 cm³/mol. The molecule has 0 heterocycles. The van der Waals surface area contributed by atoms with Gasteiger partial charge in [-0.3, -0.25) is 0 Å². The molecule has 320 valence electrons. The van der Waals surface area contributed by atoms with E-state index in [1.165, 1.54) is 0 Å². The first kappa shape index (κ1) is 131. The molecule has 0 amide bonds. The Morgan fingerprint density at radius 1 is 0.143 bits per heavy atom. The van der Waals surface area contributed by atoms with Gasteiger partial charge in [-0.25, -0.2) is 57.5 Å². The summed E-state index contributed by atoms with van der Waals surface area (Å²) in [5.74, 6) is 0. The number of rotatable bonds is 0. The zero-order chi connectivity index (χ0) is 42.9. The fourth-order valence-corrected chi connectivity index (χ4v) is 0. The Kier molecular flexibility index (Phi) is 288. The molecule has 24 N–H and O–H groups in total. The average Bonchev–Trinajstić information content (AvgIpc) is 2.61. The Balaban J connectivity index is -0.00000000561. The van der Waals surface area contributed by atoms with Crippen LogP contribution in [0.15, 0.2) is 0 Å². The van der Waals surface area contributed by atoms with Crippen LogP contribution in [-0.2, 0) is 0 Å². The van der Waals surface area contributed by atoms with Crippen LogP contribution in [0.4, 0.5) is 57.5 Å². The van der Waals surface area contributed by atoms with Crippen LogP contribution in [0.25, 0.3) is 0 Å². The molecule has 0 aliphatic heterocycles. The van der Waals surface area contributed by atoms with Gasteiger partial charge in [0, 0.05) is 0 Å². The van der Waals surface area contributed by atoms with Gasteiger partial charge in [-0.05, 0) is 0 Å². The summed E-state index contributed by atoms with van der Waals surface area (Å²) < 4.78 is 0. The largest absolute Gasteiger partial charge is 2.00 e. The van der Waals surface area contributed by atoms with Crippen molar-refractivity contribution in [1.82, 2.24) is 0 Å². The van der Waals surface area contributed by atoms with Crippen LogP contribution in [0.3, 0.4) is 0 Å². The van der Waals surface area contributed by atoms with Crippen LogP contribution in [-0.4, -0.2) is 498 Å². The molecule has 56 heavy (non-hydrogen) atoms. The summed E-state index contributed by atoms with van der Waals surface area (Å²) in [6, 6.07) is 0. The van der Waals surface area contributed by atoms with E-state index in [1.54, 1.807) is 0 Å². The standard InChI is InChI=1S/12CH2O3.8Ca.16H/c12*2-1(3)4;;;;;;;;;;;;;;;;;;;;;;;;/h12*(H2,2,3,4);;;;;;;;;;;;;;;;;;;;;;;;/q;;;;;;;;;;;;8*+2;16*-1. The van der Waals surface area contributed by atoms with Gasteiger partial charge in [-0.1, -0.05) is 0 Å². The van der Waals surface area contributed by atoms with Crippen molar-refractivity contribution >= 4 is 376 Å². The minimum absolute atomic E-state index is 0. The number of hydrogen-bond donors (Lipinski definition) is 24. The van der Waals surface area contributed by atoms with Crippen molar-refractivity contribution in [3.05, 3.63) is 0 Å². The molecule has 0 aromatic carbocycles. The monoisotopic (exact) mass is 1080 g/mol. The van der Waals surface area contributed by atoms with Crippen LogP contribution in [0.2, 0.25) is 0 Å². The second kappa shape index (κ2) is 124. The molecule has 0 bridgehead atoms. The summed E-state index contributed by atoms with van der Waals surface area (Å²) in [5, 5.41) is 167. The van der Waals surface area contributed by atoms with Gasteiger partial charge < -0.3 is 145 Å². The van der Waals surface area contributed by atoms with E-state index < -0.39 is 73.9 Å². The molecule has 0 rings (SSSR count). The third-order valence-electron chi connectivity index (χ3n) is 0. The van der Waals surface area contributed by atoms with Crippen LogP contribution >= 0.6 is 0 Å². The molecule has 0 saturated carbocycles. The first-order valence-corrected chi connectivity index (χ1v) is 7.82. The number of carboxylic acid groups (broad SMARTS) is 24. The predicted octanol–water partition coefficient (Wildman–Crippen LogP) is 1.42. The molecular formula is C12H40Ca8O36. The molecule has 0 radical (unpaired) electrons. The van der Waals surface area contributed by atoms with Crippen molar-refractivity contribution in [3.8, 4) is 0 Å². The van der Waals surface area contributed by atoms with Crippen molar-refractivity contribution < 1.29 is 203 Å². The molecule has 0 aliphatic rings. The Morgan fingerprint density at radius 2 is 0.143 bits per heavy atom. The fraction of sp³-hybridized carbons (Fsp3) is 0. The Bertz CT molecular complexity index is 661. The van der Waals surface area contributed by atoms with Gasteiger partial charge in [0.1, 0.15) is 0 Å². The third kappa shape index (κ3) is 94000. The number of hydrogen-bond acceptors (Lipinski definition) is 12. The summed E-state index contributed by atoms with van der Waals surface area (Å²) in [5.41, 5.74) is 0. The van der Waals surface area contributed by atoms with E-state index in [2.05, 4.69) is 0 Å². The van der Waals surface area contributed by atoms with Gasteiger partial charge in [0.05, 0.1) is 0 Å². The number of carbonyl (C=O) groups is 12. The molecule has 0 aromatic heterocycles. The van der Waals surface area contributed by atoms with E-state index in [9.17, 15) is 0 Å². The van der Waals surface area contributed by atoms with E-state index in [1.807, 2.05) is 0 Å². The van der Waals surface area contributed by atoms with E-state index >= 15 is 0 Å². The summed E-state index contributed by atoms with van der Waals surface area (Å²) in [6.45, 7) is 0. The second-order valence-corrected chi connectivity index (χ2v) is 3.39. The third-order valence-corrected chi connectivity index (χ3v) is 0. The van der Waals surface area contributed by atoms with Gasteiger partial charge in [-0.2, -0.15) is 0 Å². The van der Waals surface area contributed by atoms with Gasteiger partial charge in [-0.15, -0.1) is 0 Å². The molecular weight excluding hydrogens is 1040 g/mol. The maximum atomic E-state index is 8.56. The van der Waals surface area contributed by atoms with E-state index in [4.69, 9.17) is 180 Å². The molecule has 0 spiro atoms. The van der Waals surface area contributed by atoms with Gasteiger partial charge in [0.2, 0.25) is 0 Å². The first-order valence-electron chi connectivity index (χ1n) is 7.82. The topological polar surface area (TPSA) is 690 Å². The molecule has 0 fully saturated rings. The Hall–Kier alpha value is 1.32. The molecule has 0 unspecified atom stereocenters. The smallest absolute Gasteiger partial charge is 1.00 e.